The molecule has 1 amide bonds. The lowest BCUT2D eigenvalue weighted by Crippen LogP contribution is -2.49. The number of hydrogen-bond acceptors (Lipinski definition) is 3. The molecule has 5 nitrogen and oxygen atoms in total. The molecule has 0 radical (unpaired) electrons. The number of carbonyl (C=O) groups is 1. The standard InChI is InChI=1S/C20H20ClFN4O/c1-2-16-19(26-13-14(21)7-8-18(26)23-16)20(27)25-11-9-24(10-12-25)17-6-4-3-5-15(17)22/h3-8,13H,2,9-12H2,1H3. The highest BCUT2D eigenvalue weighted by Gasteiger charge is 2.27. The van der Waals surface area contributed by atoms with E-state index < -0.39 is 0 Å². The van der Waals surface area contributed by atoms with Crippen molar-refractivity contribution in [2.75, 3.05) is 31.1 Å². The summed E-state index contributed by atoms with van der Waals surface area (Å²) in [6.45, 7) is 4.22. The minimum Gasteiger partial charge on any atom is -0.366 e. The van der Waals surface area contributed by atoms with Crippen LogP contribution in [0.5, 0.6) is 0 Å². The van der Waals surface area contributed by atoms with Crippen molar-refractivity contribution in [3.05, 3.63) is 64.8 Å². The molecule has 0 N–H and O–H groups in total. The summed E-state index contributed by atoms with van der Waals surface area (Å²) in [5.41, 5.74) is 2.62. The van der Waals surface area contributed by atoms with E-state index in [-0.39, 0.29) is 11.7 Å². The molecule has 140 valence electrons. The molecule has 0 atom stereocenters. The first-order chi connectivity index (χ1) is 13.1. The number of para-hydroxylation sites is 1. The summed E-state index contributed by atoms with van der Waals surface area (Å²) < 4.78 is 15.8. The lowest BCUT2D eigenvalue weighted by atomic mass is 10.2. The van der Waals surface area contributed by atoms with E-state index in [2.05, 4.69) is 4.98 Å². The molecule has 1 aliphatic rings. The topological polar surface area (TPSA) is 40.9 Å². The van der Waals surface area contributed by atoms with Gasteiger partial charge in [-0.15, -0.1) is 0 Å². The highest BCUT2D eigenvalue weighted by Crippen LogP contribution is 2.23. The second-order valence-corrected chi connectivity index (χ2v) is 7.00. The summed E-state index contributed by atoms with van der Waals surface area (Å²) in [5, 5.41) is 0.556. The van der Waals surface area contributed by atoms with E-state index >= 15 is 0 Å². The van der Waals surface area contributed by atoms with Crippen molar-refractivity contribution in [2.45, 2.75) is 13.3 Å². The molecule has 1 aromatic carbocycles. The molecule has 0 bridgehead atoms. The molecule has 27 heavy (non-hydrogen) atoms. The van der Waals surface area contributed by atoms with Crippen LogP contribution in [0.15, 0.2) is 42.6 Å². The number of pyridine rings is 1. The van der Waals surface area contributed by atoms with Crippen LogP contribution in [0.25, 0.3) is 5.65 Å². The summed E-state index contributed by atoms with van der Waals surface area (Å²) in [5.74, 6) is -0.295. The number of fused-ring (bicyclic) bond motifs is 1. The van der Waals surface area contributed by atoms with Crippen LogP contribution in [-0.4, -0.2) is 46.4 Å². The van der Waals surface area contributed by atoms with Crippen molar-refractivity contribution >= 4 is 28.8 Å². The molecule has 1 aliphatic heterocycles. The average Bonchev–Trinajstić information content (AvgIpc) is 3.05. The van der Waals surface area contributed by atoms with Gasteiger partial charge in [0.15, 0.2) is 0 Å². The number of piperazine rings is 1. The van der Waals surface area contributed by atoms with Gasteiger partial charge in [-0.25, -0.2) is 9.37 Å². The van der Waals surface area contributed by atoms with Crippen molar-refractivity contribution < 1.29 is 9.18 Å². The zero-order valence-electron chi connectivity index (χ0n) is 15.0. The summed E-state index contributed by atoms with van der Waals surface area (Å²) in [4.78, 5) is 21.5. The van der Waals surface area contributed by atoms with Gasteiger partial charge >= 0.3 is 0 Å². The van der Waals surface area contributed by atoms with Crippen LogP contribution >= 0.6 is 11.6 Å². The fourth-order valence-corrected chi connectivity index (χ4v) is 3.71. The third-order valence-electron chi connectivity index (χ3n) is 4.95. The second-order valence-electron chi connectivity index (χ2n) is 6.57. The number of imidazole rings is 1. The largest absolute Gasteiger partial charge is 0.366 e. The maximum atomic E-state index is 14.0. The molecule has 2 aromatic heterocycles. The molecule has 0 unspecified atom stereocenters. The quantitative estimate of drug-likeness (QED) is 0.690. The highest BCUT2D eigenvalue weighted by molar-refractivity contribution is 6.30. The van der Waals surface area contributed by atoms with Gasteiger partial charge in [-0.05, 0) is 30.7 Å². The number of carbonyl (C=O) groups excluding carboxylic acids is 1. The molecule has 4 rings (SSSR count). The number of hydrogen-bond donors (Lipinski definition) is 0. The summed E-state index contributed by atoms with van der Waals surface area (Å²) in [6, 6.07) is 10.3. The first kappa shape index (κ1) is 17.8. The molecule has 3 aromatic rings. The highest BCUT2D eigenvalue weighted by atomic mass is 35.5. The Kier molecular flexibility index (Phi) is 4.74. The Labute approximate surface area is 162 Å². The predicted molar refractivity (Wildman–Crippen MR) is 104 cm³/mol. The van der Waals surface area contributed by atoms with Gasteiger partial charge in [0.25, 0.3) is 5.91 Å². The summed E-state index contributed by atoms with van der Waals surface area (Å²) in [6.07, 6.45) is 2.39. The zero-order chi connectivity index (χ0) is 19.0. The van der Waals surface area contributed by atoms with Crippen LogP contribution in [-0.2, 0) is 6.42 Å². The van der Waals surface area contributed by atoms with Crippen molar-refractivity contribution in [3.63, 3.8) is 0 Å². The van der Waals surface area contributed by atoms with E-state index in [4.69, 9.17) is 11.6 Å². The Bertz CT molecular complexity index is 995. The predicted octanol–water partition coefficient (Wildman–Crippen LogP) is 3.65. The monoisotopic (exact) mass is 386 g/mol. The van der Waals surface area contributed by atoms with Crippen molar-refractivity contribution in [1.82, 2.24) is 14.3 Å². The Morgan fingerprint density at radius 2 is 1.89 bits per heavy atom. The molecular weight excluding hydrogens is 367 g/mol. The van der Waals surface area contributed by atoms with Crippen molar-refractivity contribution in [2.24, 2.45) is 0 Å². The van der Waals surface area contributed by atoms with Crippen LogP contribution < -0.4 is 4.90 Å². The first-order valence-electron chi connectivity index (χ1n) is 9.03. The van der Waals surface area contributed by atoms with Gasteiger partial charge in [-0.3, -0.25) is 9.20 Å². The Morgan fingerprint density at radius 1 is 1.15 bits per heavy atom. The van der Waals surface area contributed by atoms with E-state index in [1.807, 2.05) is 24.0 Å². The zero-order valence-corrected chi connectivity index (χ0v) is 15.8. The van der Waals surface area contributed by atoms with E-state index in [9.17, 15) is 9.18 Å². The van der Waals surface area contributed by atoms with Crippen LogP contribution in [0, 0.1) is 5.82 Å². The molecule has 1 fully saturated rings. The molecule has 0 aliphatic carbocycles. The molecular formula is C20H20ClFN4O. The van der Waals surface area contributed by atoms with E-state index in [1.165, 1.54) is 6.07 Å². The van der Waals surface area contributed by atoms with E-state index in [1.54, 1.807) is 33.7 Å². The average molecular weight is 387 g/mol. The number of aryl methyl sites for hydroxylation is 1. The van der Waals surface area contributed by atoms with Crippen LogP contribution in [0.4, 0.5) is 10.1 Å². The number of aromatic nitrogens is 2. The van der Waals surface area contributed by atoms with Crippen molar-refractivity contribution in [1.29, 1.82) is 0 Å². The number of anilines is 1. The maximum Gasteiger partial charge on any atom is 0.272 e. The first-order valence-corrected chi connectivity index (χ1v) is 9.41. The third kappa shape index (κ3) is 3.25. The van der Waals surface area contributed by atoms with Gasteiger partial charge in [0.05, 0.1) is 16.4 Å². The molecule has 1 saturated heterocycles. The van der Waals surface area contributed by atoms with Gasteiger partial charge in [0.1, 0.15) is 17.2 Å². The van der Waals surface area contributed by atoms with Gasteiger partial charge in [0.2, 0.25) is 0 Å². The Morgan fingerprint density at radius 3 is 2.59 bits per heavy atom. The van der Waals surface area contributed by atoms with Crippen molar-refractivity contribution in [3.8, 4) is 0 Å². The summed E-state index contributed by atoms with van der Waals surface area (Å²) >= 11 is 6.12. The van der Waals surface area contributed by atoms with Gasteiger partial charge in [-0.1, -0.05) is 30.7 Å². The van der Waals surface area contributed by atoms with E-state index in [0.717, 1.165) is 5.69 Å². The minimum atomic E-state index is -0.234. The van der Waals surface area contributed by atoms with Gasteiger partial charge in [0, 0.05) is 32.4 Å². The number of rotatable bonds is 3. The Balaban J connectivity index is 1.57. The van der Waals surface area contributed by atoms with E-state index in [0.29, 0.717) is 54.7 Å². The normalized spacial score (nSPS) is 14.8. The molecule has 7 heteroatoms. The maximum absolute atomic E-state index is 14.0. The summed E-state index contributed by atoms with van der Waals surface area (Å²) in [7, 11) is 0. The third-order valence-corrected chi connectivity index (χ3v) is 5.18. The molecule has 3 heterocycles. The fourth-order valence-electron chi connectivity index (χ4n) is 3.55. The SMILES string of the molecule is CCc1nc2ccc(Cl)cn2c1C(=O)N1CCN(c2ccccc2F)CC1. The second kappa shape index (κ2) is 7.19. The molecule has 0 spiro atoms. The Hall–Kier alpha value is -2.60. The van der Waals surface area contributed by atoms with Crippen LogP contribution in [0.2, 0.25) is 5.02 Å². The number of nitrogens with zero attached hydrogens (tertiary/aromatic N) is 4. The lowest BCUT2D eigenvalue weighted by Gasteiger charge is -2.36. The minimum absolute atomic E-state index is 0.0604. The van der Waals surface area contributed by atoms with Gasteiger partial charge in [-0.2, -0.15) is 0 Å². The van der Waals surface area contributed by atoms with Crippen LogP contribution in [0.3, 0.4) is 0 Å². The van der Waals surface area contributed by atoms with Crippen LogP contribution in [0.1, 0.15) is 23.1 Å². The number of amides is 1. The fraction of sp³-hybridized carbons (Fsp3) is 0.300. The number of benzene rings is 1. The number of halogens is 2. The van der Waals surface area contributed by atoms with Gasteiger partial charge < -0.3 is 9.80 Å². The smallest absolute Gasteiger partial charge is 0.272 e. The molecule has 0 saturated carbocycles. The lowest BCUT2D eigenvalue weighted by molar-refractivity contribution is 0.0738.